The highest BCUT2D eigenvalue weighted by atomic mass is 15.1. The van der Waals surface area contributed by atoms with E-state index in [9.17, 15) is 0 Å². The Balaban J connectivity index is 1.48. The van der Waals surface area contributed by atoms with E-state index in [4.69, 9.17) is 0 Å². The van der Waals surface area contributed by atoms with Gasteiger partial charge in [-0.25, -0.2) is 0 Å². The molecule has 2 saturated carbocycles. The van der Waals surface area contributed by atoms with Gasteiger partial charge in [0.05, 0.1) is 0 Å². The van der Waals surface area contributed by atoms with Crippen LogP contribution < -0.4 is 5.32 Å². The molecule has 0 unspecified atom stereocenters. The van der Waals surface area contributed by atoms with E-state index in [0.29, 0.717) is 0 Å². The molecular weight excluding hydrogens is 244 g/mol. The highest BCUT2D eigenvalue weighted by molar-refractivity contribution is 5.52. The molecule has 1 saturated heterocycles. The monoisotopic (exact) mass is 270 g/mol. The first-order valence-electron chi connectivity index (χ1n) is 8.47. The van der Waals surface area contributed by atoms with Crippen molar-refractivity contribution < 1.29 is 0 Å². The molecule has 1 aromatic rings. The van der Waals surface area contributed by atoms with Crippen molar-refractivity contribution in [1.29, 1.82) is 0 Å². The molecule has 1 aliphatic heterocycles. The molecule has 4 rings (SSSR count). The topological polar surface area (TPSA) is 15.3 Å². The third-order valence-electron chi connectivity index (χ3n) is 5.19. The average molecular weight is 270 g/mol. The minimum Gasteiger partial charge on any atom is -0.381 e. The number of para-hydroxylation sites is 1. The van der Waals surface area contributed by atoms with Crippen LogP contribution >= 0.6 is 0 Å². The summed E-state index contributed by atoms with van der Waals surface area (Å²) in [6.45, 7) is 3.69. The molecule has 0 amide bonds. The number of benzene rings is 1. The molecule has 1 heterocycles. The molecule has 2 nitrogen and oxygen atoms in total. The van der Waals surface area contributed by atoms with E-state index in [1.165, 1.54) is 62.9 Å². The first-order valence-corrected chi connectivity index (χ1v) is 8.47. The van der Waals surface area contributed by atoms with Crippen molar-refractivity contribution in [1.82, 2.24) is 4.90 Å². The molecule has 20 heavy (non-hydrogen) atoms. The molecule has 1 aromatic carbocycles. The number of nitrogens with zero attached hydrogens (tertiary/aromatic N) is 1. The van der Waals surface area contributed by atoms with E-state index < -0.39 is 0 Å². The van der Waals surface area contributed by atoms with E-state index in [1.54, 1.807) is 0 Å². The Morgan fingerprint density at radius 1 is 1.00 bits per heavy atom. The highest BCUT2D eigenvalue weighted by Gasteiger charge is 2.41. The highest BCUT2D eigenvalue weighted by Crippen LogP contribution is 2.46. The summed E-state index contributed by atoms with van der Waals surface area (Å²) in [5.74, 6) is 1.92. The Hall–Kier alpha value is -1.02. The third-order valence-corrected chi connectivity index (χ3v) is 5.19. The largest absolute Gasteiger partial charge is 0.381 e. The first-order chi connectivity index (χ1) is 9.90. The zero-order chi connectivity index (χ0) is 13.4. The van der Waals surface area contributed by atoms with Crippen LogP contribution in [0.3, 0.4) is 0 Å². The molecule has 0 atom stereocenters. The van der Waals surface area contributed by atoms with Gasteiger partial charge in [0.2, 0.25) is 0 Å². The smallest absolute Gasteiger partial charge is 0.0388 e. The van der Waals surface area contributed by atoms with Crippen molar-refractivity contribution in [3.63, 3.8) is 0 Å². The molecule has 3 fully saturated rings. The van der Waals surface area contributed by atoms with E-state index in [1.807, 2.05) is 0 Å². The Bertz CT molecular complexity index is 444. The maximum Gasteiger partial charge on any atom is 0.0388 e. The number of anilines is 1. The molecule has 3 aliphatic rings. The van der Waals surface area contributed by atoms with Gasteiger partial charge < -0.3 is 5.32 Å². The molecule has 0 aromatic heterocycles. The molecule has 0 bridgehead atoms. The molecule has 0 spiro atoms. The van der Waals surface area contributed by atoms with Crippen LogP contribution in [0.25, 0.3) is 0 Å². The Morgan fingerprint density at radius 3 is 2.30 bits per heavy atom. The first kappa shape index (κ1) is 12.7. The fourth-order valence-electron chi connectivity index (χ4n) is 3.69. The molecular formula is C18H26N2. The standard InChI is InChI=1S/C18H26N2/c1-2-6-17(16(5-1)13-20-11-3-4-12-20)19-18(14-7-8-14)15-9-10-15/h1-2,5-6,14-15,18-19H,3-4,7-13H2. The summed E-state index contributed by atoms with van der Waals surface area (Å²) in [6, 6.07) is 9.75. The van der Waals surface area contributed by atoms with Crippen LogP contribution in [0.2, 0.25) is 0 Å². The van der Waals surface area contributed by atoms with Crippen molar-refractivity contribution in [2.24, 2.45) is 11.8 Å². The van der Waals surface area contributed by atoms with Crippen LogP contribution in [0.4, 0.5) is 5.69 Å². The molecule has 2 aliphatic carbocycles. The second kappa shape index (κ2) is 5.40. The Morgan fingerprint density at radius 2 is 1.65 bits per heavy atom. The van der Waals surface area contributed by atoms with Gasteiger partial charge in [-0.05, 0) is 75.1 Å². The molecule has 108 valence electrons. The van der Waals surface area contributed by atoms with Gasteiger partial charge in [-0.1, -0.05) is 18.2 Å². The summed E-state index contributed by atoms with van der Waals surface area (Å²) >= 11 is 0. The average Bonchev–Trinajstić information content (AvgIpc) is 3.39. The van der Waals surface area contributed by atoms with Crippen molar-refractivity contribution in [2.75, 3.05) is 18.4 Å². The maximum atomic E-state index is 3.92. The van der Waals surface area contributed by atoms with Gasteiger partial charge in [-0.15, -0.1) is 0 Å². The van der Waals surface area contributed by atoms with Gasteiger partial charge >= 0.3 is 0 Å². The number of hydrogen-bond donors (Lipinski definition) is 1. The van der Waals surface area contributed by atoms with Gasteiger partial charge in [-0.2, -0.15) is 0 Å². The zero-order valence-corrected chi connectivity index (χ0v) is 12.4. The minimum absolute atomic E-state index is 0.759. The number of rotatable bonds is 6. The number of likely N-dealkylation sites (tertiary alicyclic amines) is 1. The fourth-order valence-corrected chi connectivity index (χ4v) is 3.69. The predicted octanol–water partition coefficient (Wildman–Crippen LogP) is 3.88. The molecule has 1 N–H and O–H groups in total. The second-order valence-electron chi connectivity index (χ2n) is 6.99. The van der Waals surface area contributed by atoms with Gasteiger partial charge in [0, 0.05) is 18.3 Å². The summed E-state index contributed by atoms with van der Waals surface area (Å²) in [5, 5.41) is 3.92. The van der Waals surface area contributed by atoms with Crippen LogP contribution in [-0.4, -0.2) is 24.0 Å². The maximum absolute atomic E-state index is 3.92. The summed E-state index contributed by atoms with van der Waals surface area (Å²) in [4.78, 5) is 2.60. The molecule has 0 radical (unpaired) electrons. The van der Waals surface area contributed by atoms with Gasteiger partial charge in [0.15, 0.2) is 0 Å². The van der Waals surface area contributed by atoms with Crippen molar-refractivity contribution in [3.8, 4) is 0 Å². The van der Waals surface area contributed by atoms with Crippen LogP contribution in [0.15, 0.2) is 24.3 Å². The number of hydrogen-bond acceptors (Lipinski definition) is 2. The predicted molar refractivity (Wildman–Crippen MR) is 83.8 cm³/mol. The zero-order valence-electron chi connectivity index (χ0n) is 12.4. The SMILES string of the molecule is c1ccc(NC(C2CC2)C2CC2)c(CN2CCCC2)c1. The summed E-state index contributed by atoms with van der Waals surface area (Å²) in [6.07, 6.45) is 8.54. The second-order valence-corrected chi connectivity index (χ2v) is 6.99. The van der Waals surface area contributed by atoms with Crippen LogP contribution in [-0.2, 0) is 6.54 Å². The van der Waals surface area contributed by atoms with Gasteiger partial charge in [-0.3, -0.25) is 4.90 Å². The van der Waals surface area contributed by atoms with E-state index in [2.05, 4.69) is 34.5 Å². The van der Waals surface area contributed by atoms with Crippen LogP contribution in [0.1, 0.15) is 44.1 Å². The lowest BCUT2D eigenvalue weighted by Gasteiger charge is -2.23. The lowest BCUT2D eigenvalue weighted by Crippen LogP contribution is -2.26. The summed E-state index contributed by atoms with van der Waals surface area (Å²) < 4.78 is 0. The van der Waals surface area contributed by atoms with E-state index in [-0.39, 0.29) is 0 Å². The third kappa shape index (κ3) is 2.85. The minimum atomic E-state index is 0.759. The van der Waals surface area contributed by atoms with Crippen molar-refractivity contribution >= 4 is 5.69 Å². The van der Waals surface area contributed by atoms with Crippen molar-refractivity contribution in [3.05, 3.63) is 29.8 Å². The lowest BCUT2D eigenvalue weighted by atomic mass is 10.1. The van der Waals surface area contributed by atoms with Crippen LogP contribution in [0.5, 0.6) is 0 Å². The summed E-state index contributed by atoms with van der Waals surface area (Å²) in [5.41, 5.74) is 2.91. The quantitative estimate of drug-likeness (QED) is 0.844. The Labute approximate surface area is 122 Å². The van der Waals surface area contributed by atoms with Gasteiger partial charge in [0.1, 0.15) is 0 Å². The van der Waals surface area contributed by atoms with Gasteiger partial charge in [0.25, 0.3) is 0 Å². The normalized spacial score (nSPS) is 23.4. The summed E-state index contributed by atoms with van der Waals surface area (Å²) in [7, 11) is 0. The lowest BCUT2D eigenvalue weighted by molar-refractivity contribution is 0.331. The molecule has 2 heteroatoms. The van der Waals surface area contributed by atoms with Crippen LogP contribution in [0, 0.1) is 11.8 Å². The van der Waals surface area contributed by atoms with E-state index >= 15 is 0 Å². The van der Waals surface area contributed by atoms with Crippen molar-refractivity contribution in [2.45, 2.75) is 51.1 Å². The fraction of sp³-hybridized carbons (Fsp3) is 0.667. The van der Waals surface area contributed by atoms with E-state index in [0.717, 1.165) is 24.4 Å². The Kier molecular flexibility index (Phi) is 3.43. The number of nitrogens with one attached hydrogen (secondary N) is 1.